The highest BCUT2D eigenvalue weighted by molar-refractivity contribution is 5.92. The normalized spacial score (nSPS) is 29.1. The summed E-state index contributed by atoms with van der Waals surface area (Å²) in [6, 6.07) is 9.86. The smallest absolute Gasteiger partial charge is 0.246 e. The van der Waals surface area contributed by atoms with Crippen LogP contribution in [-0.2, 0) is 14.3 Å². The lowest BCUT2D eigenvalue weighted by Gasteiger charge is -2.43. The average Bonchev–Trinajstić information content (AvgIpc) is 3.04. The third-order valence-electron chi connectivity index (χ3n) is 5.49. The van der Waals surface area contributed by atoms with Crippen LogP contribution in [0, 0.1) is 0 Å². The maximum atomic E-state index is 12.8. The van der Waals surface area contributed by atoms with Crippen LogP contribution in [0.25, 0.3) is 6.08 Å². The number of rotatable bonds is 6. The lowest BCUT2D eigenvalue weighted by Crippen LogP contribution is -2.53. The molecule has 1 N–H and O–H groups in total. The van der Waals surface area contributed by atoms with E-state index in [-0.39, 0.29) is 30.3 Å². The molecule has 0 radical (unpaired) electrons. The number of likely N-dealkylation sites (tertiary alicyclic amines) is 1. The Morgan fingerprint density at radius 2 is 2.16 bits per heavy atom. The fourth-order valence-electron chi connectivity index (χ4n) is 4.12. The van der Waals surface area contributed by atoms with Gasteiger partial charge in [0.2, 0.25) is 5.91 Å². The van der Waals surface area contributed by atoms with E-state index in [1.807, 2.05) is 41.3 Å². The van der Waals surface area contributed by atoms with Gasteiger partial charge in [0.15, 0.2) is 0 Å². The number of hydrogen-bond donors (Lipinski definition) is 1. The van der Waals surface area contributed by atoms with E-state index in [4.69, 9.17) is 14.6 Å². The molecule has 1 aromatic rings. The standard InChI is InChI=1S/C20H27NO4/c1-24-20-10-9-17(25-14-13-22)15-18(20)21(12-11-20)19(23)8-7-16-5-3-2-4-6-16/h2-8,17-18,22H,9-15H2,1H3/b8-7+/t17-,18-,20+/m1/s1. The van der Waals surface area contributed by atoms with Crippen molar-refractivity contribution in [2.75, 3.05) is 26.9 Å². The predicted octanol–water partition coefficient (Wildman–Crippen LogP) is 2.25. The summed E-state index contributed by atoms with van der Waals surface area (Å²) in [7, 11) is 1.75. The van der Waals surface area contributed by atoms with E-state index < -0.39 is 0 Å². The molecule has 1 aliphatic heterocycles. The van der Waals surface area contributed by atoms with Crippen LogP contribution in [0.3, 0.4) is 0 Å². The van der Waals surface area contributed by atoms with E-state index in [2.05, 4.69) is 0 Å². The highest BCUT2D eigenvalue weighted by Gasteiger charge is 2.52. The van der Waals surface area contributed by atoms with Crippen LogP contribution in [0.4, 0.5) is 0 Å². The van der Waals surface area contributed by atoms with Crippen LogP contribution in [0.1, 0.15) is 31.2 Å². The van der Waals surface area contributed by atoms with E-state index in [0.717, 1.165) is 31.2 Å². The molecule has 3 atom stereocenters. The number of benzene rings is 1. The summed E-state index contributed by atoms with van der Waals surface area (Å²) in [4.78, 5) is 14.7. The Balaban J connectivity index is 1.70. The molecule has 5 heteroatoms. The van der Waals surface area contributed by atoms with E-state index in [9.17, 15) is 4.79 Å². The van der Waals surface area contributed by atoms with Gasteiger partial charge in [0.05, 0.1) is 31.0 Å². The highest BCUT2D eigenvalue weighted by atomic mass is 16.5. The predicted molar refractivity (Wildman–Crippen MR) is 96.0 cm³/mol. The second kappa shape index (κ2) is 8.13. The fraction of sp³-hybridized carbons (Fsp3) is 0.550. The molecule has 136 valence electrons. The van der Waals surface area contributed by atoms with Crippen molar-refractivity contribution < 1.29 is 19.4 Å². The maximum Gasteiger partial charge on any atom is 0.246 e. The van der Waals surface area contributed by atoms with Crippen LogP contribution in [-0.4, -0.2) is 60.5 Å². The van der Waals surface area contributed by atoms with Crippen molar-refractivity contribution in [3.63, 3.8) is 0 Å². The zero-order chi connectivity index (χ0) is 17.7. The Bertz CT molecular complexity index is 603. The second-order valence-corrected chi connectivity index (χ2v) is 6.80. The number of methoxy groups -OCH3 is 1. The molecular formula is C20H27NO4. The summed E-state index contributed by atoms with van der Waals surface area (Å²) in [5.41, 5.74) is 0.760. The zero-order valence-corrected chi connectivity index (χ0v) is 14.8. The van der Waals surface area contributed by atoms with Gasteiger partial charge in [-0.1, -0.05) is 30.3 Å². The number of carbonyl (C=O) groups excluding carboxylic acids is 1. The van der Waals surface area contributed by atoms with E-state index in [1.165, 1.54) is 0 Å². The van der Waals surface area contributed by atoms with Gasteiger partial charge < -0.3 is 19.5 Å². The molecule has 0 bridgehead atoms. The summed E-state index contributed by atoms with van der Waals surface area (Å²) in [5.74, 6) is 0.0237. The van der Waals surface area contributed by atoms with E-state index >= 15 is 0 Å². The molecular weight excluding hydrogens is 318 g/mol. The maximum absolute atomic E-state index is 12.8. The minimum absolute atomic E-state index is 0.0237. The highest BCUT2D eigenvalue weighted by Crippen LogP contribution is 2.43. The van der Waals surface area contributed by atoms with Crippen molar-refractivity contribution in [2.24, 2.45) is 0 Å². The topological polar surface area (TPSA) is 59.0 Å². The summed E-state index contributed by atoms with van der Waals surface area (Å²) in [5, 5.41) is 8.98. The van der Waals surface area contributed by atoms with E-state index in [1.54, 1.807) is 13.2 Å². The third-order valence-corrected chi connectivity index (χ3v) is 5.49. The van der Waals surface area contributed by atoms with Crippen molar-refractivity contribution >= 4 is 12.0 Å². The number of nitrogens with zero attached hydrogens (tertiary/aromatic N) is 1. The van der Waals surface area contributed by atoms with Gasteiger partial charge in [0.25, 0.3) is 0 Å². The molecule has 5 nitrogen and oxygen atoms in total. The number of amides is 1. The van der Waals surface area contributed by atoms with Crippen molar-refractivity contribution in [3.05, 3.63) is 42.0 Å². The fourth-order valence-corrected chi connectivity index (χ4v) is 4.12. The Kier molecular flexibility index (Phi) is 5.89. The van der Waals surface area contributed by atoms with Crippen LogP contribution >= 0.6 is 0 Å². The van der Waals surface area contributed by atoms with Gasteiger partial charge >= 0.3 is 0 Å². The van der Waals surface area contributed by atoms with Gasteiger partial charge in [-0.2, -0.15) is 0 Å². The Labute approximate surface area is 149 Å². The molecule has 1 aliphatic carbocycles. The first-order valence-electron chi connectivity index (χ1n) is 9.00. The lowest BCUT2D eigenvalue weighted by molar-refractivity contribution is -0.137. The molecule has 1 heterocycles. The SMILES string of the molecule is CO[C@]12CC[C@@H](OCCO)C[C@H]1N(C(=O)/C=C/c1ccccc1)CC2. The first kappa shape index (κ1) is 18.1. The van der Waals surface area contributed by atoms with Gasteiger partial charge in [-0.05, 0) is 37.3 Å². The van der Waals surface area contributed by atoms with Gasteiger partial charge in [0, 0.05) is 19.7 Å². The molecule has 1 saturated carbocycles. The van der Waals surface area contributed by atoms with Crippen LogP contribution < -0.4 is 0 Å². The lowest BCUT2D eigenvalue weighted by atomic mass is 9.79. The third kappa shape index (κ3) is 3.94. The Morgan fingerprint density at radius 3 is 2.88 bits per heavy atom. The van der Waals surface area contributed by atoms with Crippen molar-refractivity contribution in [3.8, 4) is 0 Å². The summed E-state index contributed by atoms with van der Waals surface area (Å²) in [6.45, 7) is 1.08. The van der Waals surface area contributed by atoms with Crippen LogP contribution in [0.5, 0.6) is 0 Å². The average molecular weight is 345 g/mol. The molecule has 2 fully saturated rings. The van der Waals surface area contributed by atoms with Crippen molar-refractivity contribution in [2.45, 2.75) is 43.4 Å². The zero-order valence-electron chi connectivity index (χ0n) is 14.8. The number of fused-ring (bicyclic) bond motifs is 1. The first-order chi connectivity index (χ1) is 12.2. The minimum atomic E-state index is -0.255. The molecule has 0 spiro atoms. The Hall–Kier alpha value is -1.69. The minimum Gasteiger partial charge on any atom is -0.394 e. The van der Waals surface area contributed by atoms with Crippen molar-refractivity contribution in [1.29, 1.82) is 0 Å². The molecule has 0 unspecified atom stereocenters. The van der Waals surface area contributed by atoms with E-state index in [0.29, 0.717) is 13.2 Å². The summed E-state index contributed by atoms with van der Waals surface area (Å²) < 4.78 is 11.6. The molecule has 25 heavy (non-hydrogen) atoms. The number of aliphatic hydroxyl groups is 1. The van der Waals surface area contributed by atoms with Crippen LogP contribution in [0.2, 0.25) is 0 Å². The number of carbonyl (C=O) groups is 1. The molecule has 1 saturated heterocycles. The second-order valence-electron chi connectivity index (χ2n) is 6.80. The quantitative estimate of drug-likeness (QED) is 0.804. The van der Waals surface area contributed by atoms with Gasteiger partial charge in [-0.25, -0.2) is 0 Å². The number of ether oxygens (including phenoxy) is 2. The number of hydrogen-bond acceptors (Lipinski definition) is 4. The van der Waals surface area contributed by atoms with Crippen molar-refractivity contribution in [1.82, 2.24) is 4.90 Å². The molecule has 2 aliphatic rings. The number of aliphatic hydroxyl groups excluding tert-OH is 1. The Morgan fingerprint density at radius 1 is 1.36 bits per heavy atom. The summed E-state index contributed by atoms with van der Waals surface area (Å²) in [6.07, 6.45) is 7.01. The van der Waals surface area contributed by atoms with Gasteiger partial charge in [0.1, 0.15) is 0 Å². The molecule has 1 aromatic carbocycles. The first-order valence-corrected chi connectivity index (χ1v) is 9.00. The van der Waals surface area contributed by atoms with Gasteiger partial charge in [-0.15, -0.1) is 0 Å². The molecule has 0 aromatic heterocycles. The van der Waals surface area contributed by atoms with Crippen LogP contribution in [0.15, 0.2) is 36.4 Å². The molecule has 3 rings (SSSR count). The molecule has 1 amide bonds. The largest absolute Gasteiger partial charge is 0.394 e. The summed E-state index contributed by atoms with van der Waals surface area (Å²) >= 11 is 0. The van der Waals surface area contributed by atoms with Gasteiger partial charge in [-0.3, -0.25) is 4.79 Å². The monoisotopic (exact) mass is 345 g/mol.